The first-order chi connectivity index (χ1) is 18.2. The van der Waals surface area contributed by atoms with Crippen LogP contribution in [0.25, 0.3) is 0 Å². The van der Waals surface area contributed by atoms with E-state index in [1.54, 1.807) is 12.1 Å². The van der Waals surface area contributed by atoms with E-state index in [9.17, 15) is 14.7 Å². The van der Waals surface area contributed by atoms with Crippen LogP contribution in [0.15, 0.2) is 30.3 Å². The first-order valence-electron chi connectivity index (χ1n) is 13.4. The van der Waals surface area contributed by atoms with E-state index in [4.69, 9.17) is 27.9 Å². The number of hydrogen-bond donors (Lipinski definition) is 1. The van der Waals surface area contributed by atoms with E-state index in [2.05, 4.69) is 11.8 Å². The highest BCUT2D eigenvalue weighted by Gasteiger charge is 2.37. The number of benzene rings is 2. The molecule has 1 saturated carbocycles. The number of piperidine rings is 1. The van der Waals surface area contributed by atoms with Gasteiger partial charge in [-0.15, -0.1) is 0 Å². The molecule has 0 spiro atoms. The number of carbonyl (C=O) groups is 2. The largest absolute Gasteiger partial charge is 0.493 e. The molecule has 2 aromatic rings. The van der Waals surface area contributed by atoms with Gasteiger partial charge in [0, 0.05) is 41.2 Å². The summed E-state index contributed by atoms with van der Waals surface area (Å²) in [5.74, 6) is -1.27. The monoisotopic (exact) mass is 562 g/mol. The number of ether oxygens (including phenoxy) is 1. The number of carboxylic acid groups (broad SMARTS) is 1. The van der Waals surface area contributed by atoms with Gasteiger partial charge in [-0.1, -0.05) is 23.2 Å². The molecule has 2 aromatic carbocycles. The van der Waals surface area contributed by atoms with Crippen molar-refractivity contribution >= 4 is 35.1 Å². The summed E-state index contributed by atoms with van der Waals surface area (Å²) in [4.78, 5) is 28.4. The van der Waals surface area contributed by atoms with Crippen molar-refractivity contribution in [3.8, 4) is 5.75 Å². The molecule has 2 saturated heterocycles. The molecule has 3 atom stereocenters. The number of carbonyl (C=O) groups excluding carboxylic acids is 1. The number of amides is 1. The van der Waals surface area contributed by atoms with Crippen molar-refractivity contribution in [3.63, 3.8) is 0 Å². The van der Waals surface area contributed by atoms with Gasteiger partial charge < -0.3 is 14.7 Å². The number of aliphatic carboxylic acids is 1. The maximum atomic E-state index is 15.2. The molecule has 6 nitrogen and oxygen atoms in total. The Bertz CT molecular complexity index is 1200. The van der Waals surface area contributed by atoms with Gasteiger partial charge in [0.25, 0.3) is 5.91 Å². The Morgan fingerprint density at radius 3 is 2.45 bits per heavy atom. The number of likely N-dealkylation sites (tertiary alicyclic amines) is 2. The zero-order valence-electron chi connectivity index (χ0n) is 21.5. The summed E-state index contributed by atoms with van der Waals surface area (Å²) < 4.78 is 21.5. The Labute approximate surface area is 232 Å². The number of hydrogen-bond acceptors (Lipinski definition) is 4. The summed E-state index contributed by atoms with van der Waals surface area (Å²) in [5, 5.41) is 10.7. The molecule has 38 heavy (non-hydrogen) atoms. The van der Waals surface area contributed by atoms with Crippen LogP contribution in [0.4, 0.5) is 4.39 Å². The van der Waals surface area contributed by atoms with E-state index in [0.29, 0.717) is 41.8 Å². The first kappa shape index (κ1) is 27.2. The molecule has 204 valence electrons. The van der Waals surface area contributed by atoms with E-state index in [-0.39, 0.29) is 23.4 Å². The second-order valence-corrected chi connectivity index (χ2v) is 11.7. The Morgan fingerprint density at radius 1 is 1.05 bits per heavy atom. The number of halogens is 3. The van der Waals surface area contributed by atoms with Crippen LogP contribution in [-0.4, -0.2) is 59.1 Å². The van der Waals surface area contributed by atoms with Crippen LogP contribution in [0.5, 0.6) is 5.75 Å². The van der Waals surface area contributed by atoms with Crippen molar-refractivity contribution in [2.24, 2.45) is 5.92 Å². The fourth-order valence-electron chi connectivity index (χ4n) is 5.82. The van der Waals surface area contributed by atoms with E-state index >= 15 is 4.39 Å². The lowest BCUT2D eigenvalue weighted by molar-refractivity contribution is -0.141. The minimum atomic E-state index is -1.05. The molecular weight excluding hydrogens is 530 g/mol. The van der Waals surface area contributed by atoms with Crippen molar-refractivity contribution in [3.05, 3.63) is 62.9 Å². The average Bonchev–Trinajstić information content (AvgIpc) is 3.60. The SMILES string of the molecule is CC(c1cc(Cl)cc(Cl)c1)N1CCC[C@H](COc2cc(F)c(C(=O)N3CCC[C@H]3C(=O)O)cc2C2CC2)C1. The molecule has 3 aliphatic rings. The van der Waals surface area contributed by atoms with Gasteiger partial charge >= 0.3 is 5.97 Å². The predicted octanol–water partition coefficient (Wildman–Crippen LogP) is 6.55. The quantitative estimate of drug-likeness (QED) is 0.395. The summed E-state index contributed by atoms with van der Waals surface area (Å²) in [7, 11) is 0. The number of carboxylic acids is 1. The average molecular weight is 563 g/mol. The van der Waals surface area contributed by atoms with Crippen molar-refractivity contribution in [1.29, 1.82) is 0 Å². The van der Waals surface area contributed by atoms with Crippen LogP contribution in [0, 0.1) is 11.7 Å². The normalized spacial score (nSPS) is 22.9. The van der Waals surface area contributed by atoms with Crippen LogP contribution >= 0.6 is 23.2 Å². The lowest BCUT2D eigenvalue weighted by Crippen LogP contribution is -2.40. The highest BCUT2D eigenvalue weighted by atomic mass is 35.5. The van der Waals surface area contributed by atoms with Crippen LogP contribution in [-0.2, 0) is 4.79 Å². The third-order valence-corrected chi connectivity index (χ3v) is 8.52. The van der Waals surface area contributed by atoms with Gasteiger partial charge in [-0.25, -0.2) is 9.18 Å². The molecular formula is C29H33Cl2FN2O4. The Kier molecular flexibility index (Phi) is 8.17. The molecule has 2 heterocycles. The van der Waals surface area contributed by atoms with Crippen LogP contribution < -0.4 is 4.74 Å². The molecule has 0 bridgehead atoms. The minimum Gasteiger partial charge on any atom is -0.493 e. The van der Waals surface area contributed by atoms with Gasteiger partial charge in [0.2, 0.25) is 0 Å². The molecule has 1 N–H and O–H groups in total. The summed E-state index contributed by atoms with van der Waals surface area (Å²) in [5.41, 5.74) is 1.85. The Morgan fingerprint density at radius 2 is 1.76 bits per heavy atom. The predicted molar refractivity (Wildman–Crippen MR) is 145 cm³/mol. The van der Waals surface area contributed by atoms with Crippen molar-refractivity contribution in [2.75, 3.05) is 26.2 Å². The van der Waals surface area contributed by atoms with Crippen molar-refractivity contribution < 1.29 is 23.8 Å². The number of nitrogens with zero attached hydrogens (tertiary/aromatic N) is 2. The molecule has 0 aromatic heterocycles. The molecule has 3 fully saturated rings. The van der Waals surface area contributed by atoms with Gasteiger partial charge in [-0.05, 0) is 93.3 Å². The summed E-state index contributed by atoms with van der Waals surface area (Å²) >= 11 is 12.4. The Balaban J connectivity index is 1.28. The highest BCUT2D eigenvalue weighted by molar-refractivity contribution is 6.34. The molecule has 0 radical (unpaired) electrons. The summed E-state index contributed by atoms with van der Waals surface area (Å²) in [6.45, 7) is 4.74. The third kappa shape index (κ3) is 5.95. The van der Waals surface area contributed by atoms with Crippen molar-refractivity contribution in [2.45, 2.75) is 63.5 Å². The smallest absolute Gasteiger partial charge is 0.326 e. The molecule has 9 heteroatoms. The second-order valence-electron chi connectivity index (χ2n) is 10.8. The molecule has 2 aliphatic heterocycles. The third-order valence-electron chi connectivity index (χ3n) is 8.09. The summed E-state index contributed by atoms with van der Waals surface area (Å²) in [6.07, 6.45) is 4.97. The second kappa shape index (κ2) is 11.4. The zero-order valence-corrected chi connectivity index (χ0v) is 23.0. The molecule has 1 unspecified atom stereocenters. The molecule has 5 rings (SSSR count). The fourth-order valence-corrected chi connectivity index (χ4v) is 6.36. The van der Waals surface area contributed by atoms with Gasteiger partial charge in [0.1, 0.15) is 17.6 Å². The van der Waals surface area contributed by atoms with Gasteiger partial charge in [0.15, 0.2) is 0 Å². The van der Waals surface area contributed by atoms with E-state index in [0.717, 1.165) is 49.9 Å². The summed E-state index contributed by atoms with van der Waals surface area (Å²) in [6, 6.07) is 7.81. The molecule has 1 aliphatic carbocycles. The van der Waals surface area contributed by atoms with Gasteiger partial charge in [0.05, 0.1) is 12.2 Å². The van der Waals surface area contributed by atoms with Crippen LogP contribution in [0.3, 0.4) is 0 Å². The Hall–Kier alpha value is -2.35. The lowest BCUT2D eigenvalue weighted by Gasteiger charge is -2.37. The number of rotatable bonds is 8. The van der Waals surface area contributed by atoms with E-state index < -0.39 is 23.7 Å². The van der Waals surface area contributed by atoms with Crippen LogP contribution in [0.1, 0.15) is 78.9 Å². The van der Waals surface area contributed by atoms with E-state index in [1.165, 1.54) is 11.0 Å². The highest BCUT2D eigenvalue weighted by Crippen LogP contribution is 2.45. The maximum absolute atomic E-state index is 15.2. The van der Waals surface area contributed by atoms with Gasteiger partial charge in [-0.2, -0.15) is 0 Å². The first-order valence-corrected chi connectivity index (χ1v) is 14.2. The van der Waals surface area contributed by atoms with Crippen LogP contribution in [0.2, 0.25) is 10.0 Å². The zero-order chi connectivity index (χ0) is 27.0. The topological polar surface area (TPSA) is 70.1 Å². The van der Waals surface area contributed by atoms with Gasteiger partial charge in [-0.3, -0.25) is 9.69 Å². The lowest BCUT2D eigenvalue weighted by atomic mass is 9.95. The molecule has 1 amide bonds. The maximum Gasteiger partial charge on any atom is 0.326 e. The fraction of sp³-hybridized carbons (Fsp3) is 0.517. The minimum absolute atomic E-state index is 0.0646. The standard InChI is InChI=1S/C29H33Cl2FN2O4/c1-17(20-10-21(30)12-22(31)11-20)33-8-2-4-18(15-33)16-38-27-14-25(32)24(13-23(27)19-6-7-19)28(35)34-9-3-5-26(34)29(36)37/h10-14,17-19,26H,2-9,15-16H2,1H3,(H,36,37)/t17?,18-,26-/m0/s1. The van der Waals surface area contributed by atoms with E-state index in [1.807, 2.05) is 12.1 Å². The van der Waals surface area contributed by atoms with Crippen molar-refractivity contribution in [1.82, 2.24) is 9.80 Å².